The number of carbonyl (C=O) groups excluding carboxylic acids is 1. The Balaban J connectivity index is 2.22. The second-order valence-corrected chi connectivity index (χ2v) is 4.14. The molecule has 7 heteroatoms. The summed E-state index contributed by atoms with van der Waals surface area (Å²) in [5, 5.41) is 22.9. The lowest BCUT2D eigenvalue weighted by Gasteiger charge is -2.08. The summed E-state index contributed by atoms with van der Waals surface area (Å²) in [7, 11) is 1.44. The van der Waals surface area contributed by atoms with E-state index in [-0.39, 0.29) is 22.7 Å². The van der Waals surface area contributed by atoms with E-state index in [0.29, 0.717) is 5.75 Å². The third-order valence-electron chi connectivity index (χ3n) is 2.76. The van der Waals surface area contributed by atoms with Gasteiger partial charge in [-0.25, -0.2) is 0 Å². The number of non-ortho nitro benzene ring substituents is 1. The zero-order chi connectivity index (χ0) is 15.4. The molecule has 0 saturated heterocycles. The van der Waals surface area contributed by atoms with Crippen LogP contribution in [0.25, 0.3) is 0 Å². The molecule has 0 bridgehead atoms. The van der Waals surface area contributed by atoms with Gasteiger partial charge in [0, 0.05) is 23.9 Å². The first-order chi connectivity index (χ1) is 10.0. The number of nitro groups is 1. The lowest BCUT2D eigenvalue weighted by Crippen LogP contribution is -2.12. The largest absolute Gasteiger partial charge is 0.507 e. The first-order valence-corrected chi connectivity index (χ1v) is 5.94. The summed E-state index contributed by atoms with van der Waals surface area (Å²) in [5.74, 6) is -0.396. The Labute approximate surface area is 119 Å². The van der Waals surface area contributed by atoms with Gasteiger partial charge in [0.1, 0.15) is 11.5 Å². The van der Waals surface area contributed by atoms with Gasteiger partial charge in [0.2, 0.25) is 0 Å². The minimum absolute atomic E-state index is 0.0438. The van der Waals surface area contributed by atoms with E-state index in [2.05, 4.69) is 5.32 Å². The minimum atomic E-state index is -0.573. The molecule has 2 N–H and O–H groups in total. The third kappa shape index (κ3) is 3.27. The van der Waals surface area contributed by atoms with Crippen molar-refractivity contribution in [3.8, 4) is 11.5 Å². The third-order valence-corrected chi connectivity index (χ3v) is 2.76. The average molecular weight is 288 g/mol. The van der Waals surface area contributed by atoms with Crippen LogP contribution in [0.4, 0.5) is 11.4 Å². The second-order valence-electron chi connectivity index (χ2n) is 4.14. The number of phenolic OH excluding ortho intramolecular Hbond substituents is 1. The highest BCUT2D eigenvalue weighted by molar-refractivity contribution is 6.06. The lowest BCUT2D eigenvalue weighted by atomic mass is 10.1. The molecule has 0 aliphatic rings. The van der Waals surface area contributed by atoms with Crippen LogP contribution < -0.4 is 10.1 Å². The van der Waals surface area contributed by atoms with E-state index < -0.39 is 10.8 Å². The molecule has 0 aliphatic carbocycles. The van der Waals surface area contributed by atoms with Crippen molar-refractivity contribution in [1.82, 2.24) is 0 Å². The number of phenols is 1. The van der Waals surface area contributed by atoms with Crippen molar-refractivity contribution in [1.29, 1.82) is 0 Å². The molecule has 0 radical (unpaired) electrons. The maximum absolute atomic E-state index is 12.0. The number of methoxy groups -OCH3 is 1. The van der Waals surface area contributed by atoms with Crippen LogP contribution in [0.15, 0.2) is 42.5 Å². The SMILES string of the molecule is COc1ccc(C(=O)Nc2cccc([N+](=O)[O-])c2)c(O)c1. The van der Waals surface area contributed by atoms with Gasteiger partial charge in [-0.15, -0.1) is 0 Å². The lowest BCUT2D eigenvalue weighted by molar-refractivity contribution is -0.384. The van der Waals surface area contributed by atoms with E-state index in [1.54, 1.807) is 0 Å². The molecule has 0 aromatic heterocycles. The van der Waals surface area contributed by atoms with Gasteiger partial charge in [-0.1, -0.05) is 6.07 Å². The number of rotatable bonds is 4. The highest BCUT2D eigenvalue weighted by atomic mass is 16.6. The Morgan fingerprint density at radius 2 is 2.05 bits per heavy atom. The minimum Gasteiger partial charge on any atom is -0.507 e. The van der Waals surface area contributed by atoms with Gasteiger partial charge in [0.25, 0.3) is 11.6 Å². The van der Waals surface area contributed by atoms with Gasteiger partial charge in [-0.05, 0) is 18.2 Å². The number of hydrogen-bond donors (Lipinski definition) is 2. The van der Waals surface area contributed by atoms with E-state index in [1.807, 2.05) is 0 Å². The number of carbonyl (C=O) groups is 1. The first-order valence-electron chi connectivity index (χ1n) is 5.94. The van der Waals surface area contributed by atoms with E-state index in [4.69, 9.17) is 4.74 Å². The van der Waals surface area contributed by atoms with Gasteiger partial charge >= 0.3 is 0 Å². The summed E-state index contributed by atoms with van der Waals surface area (Å²) in [6.45, 7) is 0. The van der Waals surface area contributed by atoms with Crippen LogP contribution >= 0.6 is 0 Å². The van der Waals surface area contributed by atoms with Crippen molar-refractivity contribution in [2.24, 2.45) is 0 Å². The number of nitro benzene ring substituents is 1. The normalized spacial score (nSPS) is 9.95. The van der Waals surface area contributed by atoms with Gasteiger partial charge in [0.05, 0.1) is 17.6 Å². The van der Waals surface area contributed by atoms with Crippen molar-refractivity contribution in [3.05, 3.63) is 58.1 Å². The molecule has 0 fully saturated rings. The topological polar surface area (TPSA) is 102 Å². The molecule has 0 atom stereocenters. The van der Waals surface area contributed by atoms with Crippen molar-refractivity contribution in [3.63, 3.8) is 0 Å². The van der Waals surface area contributed by atoms with Gasteiger partial charge in [-0.3, -0.25) is 14.9 Å². The second kappa shape index (κ2) is 5.91. The zero-order valence-electron chi connectivity index (χ0n) is 11.1. The summed E-state index contributed by atoms with van der Waals surface area (Å²) < 4.78 is 4.92. The van der Waals surface area contributed by atoms with Crippen LogP contribution in [-0.2, 0) is 0 Å². The van der Waals surface area contributed by atoms with Gasteiger partial charge in [-0.2, -0.15) is 0 Å². The standard InChI is InChI=1S/C14H12N2O5/c1-21-11-5-6-12(13(17)8-11)14(18)15-9-3-2-4-10(7-9)16(19)20/h2-8,17H,1H3,(H,15,18). The van der Waals surface area contributed by atoms with Crippen molar-refractivity contribution < 1.29 is 19.6 Å². The van der Waals surface area contributed by atoms with E-state index >= 15 is 0 Å². The van der Waals surface area contributed by atoms with Crippen LogP contribution in [0, 0.1) is 10.1 Å². The average Bonchev–Trinajstić information content (AvgIpc) is 2.47. The van der Waals surface area contributed by atoms with Crippen LogP contribution in [0.1, 0.15) is 10.4 Å². The Morgan fingerprint density at radius 1 is 1.29 bits per heavy atom. The molecule has 1 amide bonds. The van der Waals surface area contributed by atoms with Crippen LogP contribution in [0.3, 0.4) is 0 Å². The van der Waals surface area contributed by atoms with Crippen molar-refractivity contribution in [2.75, 3.05) is 12.4 Å². The van der Waals surface area contributed by atoms with Gasteiger partial charge in [0.15, 0.2) is 0 Å². The number of amides is 1. The van der Waals surface area contributed by atoms with Crippen LogP contribution in [-0.4, -0.2) is 23.0 Å². The summed E-state index contributed by atoms with van der Waals surface area (Å²) in [5.41, 5.74) is 0.179. The summed E-state index contributed by atoms with van der Waals surface area (Å²) in [6, 6.07) is 9.78. The first kappa shape index (κ1) is 14.3. The fraction of sp³-hybridized carbons (Fsp3) is 0.0714. The molecule has 0 aliphatic heterocycles. The van der Waals surface area contributed by atoms with E-state index in [1.165, 1.54) is 49.6 Å². The molecule has 7 nitrogen and oxygen atoms in total. The van der Waals surface area contributed by atoms with E-state index in [0.717, 1.165) is 0 Å². The number of nitrogens with one attached hydrogen (secondary N) is 1. The molecule has 0 saturated carbocycles. The fourth-order valence-corrected chi connectivity index (χ4v) is 1.73. The molecule has 2 aromatic rings. The molecule has 108 valence electrons. The smallest absolute Gasteiger partial charge is 0.271 e. The number of hydrogen-bond acceptors (Lipinski definition) is 5. The summed E-state index contributed by atoms with van der Waals surface area (Å²) >= 11 is 0. The summed E-state index contributed by atoms with van der Waals surface area (Å²) in [6.07, 6.45) is 0. The maximum Gasteiger partial charge on any atom is 0.271 e. The maximum atomic E-state index is 12.0. The number of anilines is 1. The van der Waals surface area contributed by atoms with Gasteiger partial charge < -0.3 is 15.2 Å². The number of benzene rings is 2. The predicted octanol–water partition coefficient (Wildman–Crippen LogP) is 2.56. The molecule has 0 heterocycles. The Bertz CT molecular complexity index is 700. The number of ether oxygens (including phenoxy) is 1. The fourth-order valence-electron chi connectivity index (χ4n) is 1.73. The molecular weight excluding hydrogens is 276 g/mol. The Hall–Kier alpha value is -3.09. The quantitative estimate of drug-likeness (QED) is 0.665. The zero-order valence-corrected chi connectivity index (χ0v) is 11.1. The molecule has 2 rings (SSSR count). The van der Waals surface area contributed by atoms with Crippen molar-refractivity contribution in [2.45, 2.75) is 0 Å². The van der Waals surface area contributed by atoms with Crippen LogP contribution in [0.5, 0.6) is 11.5 Å². The molecule has 2 aromatic carbocycles. The van der Waals surface area contributed by atoms with Crippen molar-refractivity contribution >= 4 is 17.3 Å². The monoisotopic (exact) mass is 288 g/mol. The molecule has 0 spiro atoms. The highest BCUT2D eigenvalue weighted by Gasteiger charge is 2.13. The molecule has 21 heavy (non-hydrogen) atoms. The Kier molecular flexibility index (Phi) is 4.03. The summed E-state index contributed by atoms with van der Waals surface area (Å²) in [4.78, 5) is 22.2. The molecular formula is C14H12N2O5. The van der Waals surface area contributed by atoms with E-state index in [9.17, 15) is 20.0 Å². The number of nitrogens with zero attached hydrogens (tertiary/aromatic N) is 1. The van der Waals surface area contributed by atoms with Crippen LogP contribution in [0.2, 0.25) is 0 Å². The number of aromatic hydroxyl groups is 1. The molecule has 0 unspecified atom stereocenters. The Morgan fingerprint density at radius 3 is 2.67 bits per heavy atom. The predicted molar refractivity (Wildman–Crippen MR) is 75.7 cm³/mol. The highest BCUT2D eigenvalue weighted by Crippen LogP contribution is 2.25.